The molecule has 4 rings (SSSR count). The number of rotatable bonds is 6. The molecular formula is C20H27N3O5S. The first-order chi connectivity index (χ1) is 13.9. The molecule has 0 aromatic heterocycles. The molecule has 1 spiro atoms. The van der Waals surface area contributed by atoms with Crippen LogP contribution in [0.25, 0.3) is 0 Å². The first kappa shape index (κ1) is 20.3. The molecule has 0 aliphatic carbocycles. The Morgan fingerprint density at radius 1 is 1.34 bits per heavy atom. The standard InChI is InChI=1S/C20H27N3O5S/c1-2-15-5-7-17(8-6-15)29(25,26)23-10-9-20(14-23)12-18(22-28-20)19(24)21-13-16-4-3-11-27-16/h5-8,16H,2-4,9-14H2,1H3,(H,21,24)/t16-,20+/m0/s1. The van der Waals surface area contributed by atoms with Crippen LogP contribution in [0.2, 0.25) is 0 Å². The maximum Gasteiger partial charge on any atom is 0.269 e. The van der Waals surface area contributed by atoms with Crippen molar-refractivity contribution in [1.29, 1.82) is 0 Å². The summed E-state index contributed by atoms with van der Waals surface area (Å²) < 4.78 is 32.9. The van der Waals surface area contributed by atoms with Crippen LogP contribution in [0.4, 0.5) is 0 Å². The van der Waals surface area contributed by atoms with Crippen molar-refractivity contribution in [2.45, 2.75) is 55.6 Å². The van der Waals surface area contributed by atoms with Crippen LogP contribution >= 0.6 is 0 Å². The van der Waals surface area contributed by atoms with Crippen molar-refractivity contribution in [2.24, 2.45) is 5.16 Å². The molecule has 1 N–H and O–H groups in total. The molecule has 9 heteroatoms. The minimum Gasteiger partial charge on any atom is -0.387 e. The lowest BCUT2D eigenvalue weighted by Crippen LogP contribution is -2.40. The zero-order chi connectivity index (χ0) is 20.5. The number of ether oxygens (including phenoxy) is 1. The number of nitrogens with one attached hydrogen (secondary N) is 1. The van der Waals surface area contributed by atoms with Gasteiger partial charge in [0.05, 0.1) is 17.5 Å². The van der Waals surface area contributed by atoms with Gasteiger partial charge in [0.15, 0.2) is 5.60 Å². The highest BCUT2D eigenvalue weighted by Gasteiger charge is 2.49. The van der Waals surface area contributed by atoms with E-state index < -0.39 is 15.6 Å². The summed E-state index contributed by atoms with van der Waals surface area (Å²) in [6.45, 7) is 3.76. The summed E-state index contributed by atoms with van der Waals surface area (Å²) in [4.78, 5) is 18.3. The van der Waals surface area contributed by atoms with Crippen molar-refractivity contribution in [2.75, 3.05) is 26.2 Å². The number of amides is 1. The molecule has 2 saturated heterocycles. The normalized spacial score (nSPS) is 27.2. The minimum absolute atomic E-state index is 0.0574. The highest BCUT2D eigenvalue weighted by molar-refractivity contribution is 7.89. The molecule has 1 aromatic rings. The Bertz CT molecular complexity index is 893. The highest BCUT2D eigenvalue weighted by atomic mass is 32.2. The van der Waals surface area contributed by atoms with Gasteiger partial charge in [-0.05, 0) is 37.0 Å². The second-order valence-electron chi connectivity index (χ2n) is 7.92. The van der Waals surface area contributed by atoms with Crippen molar-refractivity contribution < 1.29 is 22.8 Å². The number of aryl methyl sites for hydroxylation is 1. The summed E-state index contributed by atoms with van der Waals surface area (Å²) in [5.41, 5.74) is 0.648. The van der Waals surface area contributed by atoms with Gasteiger partial charge in [0.1, 0.15) is 5.71 Å². The third-order valence-corrected chi connectivity index (χ3v) is 7.73. The third kappa shape index (κ3) is 4.17. The minimum atomic E-state index is -3.60. The topological polar surface area (TPSA) is 97.3 Å². The van der Waals surface area contributed by atoms with Crippen molar-refractivity contribution >= 4 is 21.6 Å². The summed E-state index contributed by atoms with van der Waals surface area (Å²) in [7, 11) is -3.60. The van der Waals surface area contributed by atoms with Gasteiger partial charge in [-0.3, -0.25) is 4.79 Å². The molecule has 3 heterocycles. The van der Waals surface area contributed by atoms with E-state index >= 15 is 0 Å². The molecule has 0 radical (unpaired) electrons. The van der Waals surface area contributed by atoms with Gasteiger partial charge in [-0.15, -0.1) is 0 Å². The maximum atomic E-state index is 13.0. The number of carbonyl (C=O) groups is 1. The lowest BCUT2D eigenvalue weighted by molar-refractivity contribution is -0.115. The number of oxime groups is 1. The summed E-state index contributed by atoms with van der Waals surface area (Å²) in [6.07, 6.45) is 3.69. The van der Waals surface area contributed by atoms with E-state index in [1.54, 1.807) is 12.1 Å². The molecule has 0 bridgehead atoms. The van der Waals surface area contributed by atoms with Gasteiger partial charge in [-0.25, -0.2) is 8.42 Å². The van der Waals surface area contributed by atoms with Gasteiger partial charge in [-0.1, -0.05) is 24.2 Å². The first-order valence-corrected chi connectivity index (χ1v) is 11.6. The Kier molecular flexibility index (Phi) is 5.63. The Morgan fingerprint density at radius 2 is 2.14 bits per heavy atom. The predicted molar refractivity (Wildman–Crippen MR) is 107 cm³/mol. The van der Waals surface area contributed by atoms with E-state index in [4.69, 9.17) is 9.57 Å². The van der Waals surface area contributed by atoms with Crippen LogP contribution in [-0.4, -0.2) is 62.3 Å². The lowest BCUT2D eigenvalue weighted by atomic mass is 9.96. The quantitative estimate of drug-likeness (QED) is 0.750. The first-order valence-electron chi connectivity index (χ1n) is 10.2. The number of hydrogen-bond acceptors (Lipinski definition) is 6. The third-order valence-electron chi connectivity index (χ3n) is 5.87. The van der Waals surface area contributed by atoms with Crippen LogP contribution in [0.3, 0.4) is 0 Å². The zero-order valence-electron chi connectivity index (χ0n) is 16.6. The molecule has 0 saturated carbocycles. The second-order valence-corrected chi connectivity index (χ2v) is 9.86. The Hall–Kier alpha value is -1.97. The molecule has 29 heavy (non-hydrogen) atoms. The lowest BCUT2D eigenvalue weighted by Gasteiger charge is -2.21. The van der Waals surface area contributed by atoms with E-state index in [0.717, 1.165) is 31.4 Å². The molecule has 2 atom stereocenters. The van der Waals surface area contributed by atoms with Gasteiger partial charge in [0.2, 0.25) is 10.0 Å². The number of hydrogen-bond donors (Lipinski definition) is 1. The van der Waals surface area contributed by atoms with E-state index in [1.165, 1.54) is 4.31 Å². The molecule has 3 aliphatic heterocycles. The van der Waals surface area contributed by atoms with E-state index in [9.17, 15) is 13.2 Å². The van der Waals surface area contributed by atoms with Crippen molar-refractivity contribution in [3.05, 3.63) is 29.8 Å². The fourth-order valence-electron chi connectivity index (χ4n) is 4.04. The van der Waals surface area contributed by atoms with Gasteiger partial charge >= 0.3 is 0 Å². The fraction of sp³-hybridized carbons (Fsp3) is 0.600. The molecular weight excluding hydrogens is 394 g/mol. The predicted octanol–water partition coefficient (Wildman–Crippen LogP) is 1.45. The molecule has 1 amide bonds. The Morgan fingerprint density at radius 3 is 2.83 bits per heavy atom. The van der Waals surface area contributed by atoms with Crippen molar-refractivity contribution in [1.82, 2.24) is 9.62 Å². The van der Waals surface area contributed by atoms with E-state index in [0.29, 0.717) is 31.6 Å². The maximum absolute atomic E-state index is 13.0. The molecule has 1 aromatic carbocycles. The zero-order valence-corrected chi connectivity index (χ0v) is 17.4. The molecule has 2 fully saturated rings. The van der Waals surface area contributed by atoms with E-state index in [-0.39, 0.29) is 23.5 Å². The molecule has 158 valence electrons. The van der Waals surface area contributed by atoms with Crippen LogP contribution < -0.4 is 5.32 Å². The van der Waals surface area contributed by atoms with E-state index in [1.807, 2.05) is 19.1 Å². The second kappa shape index (κ2) is 8.04. The smallest absolute Gasteiger partial charge is 0.269 e. The Balaban J connectivity index is 1.36. The van der Waals surface area contributed by atoms with Gasteiger partial charge in [0, 0.05) is 32.5 Å². The summed E-state index contributed by atoms with van der Waals surface area (Å²) >= 11 is 0. The SMILES string of the molecule is CCc1ccc(S(=O)(=O)N2CC[C@@]3(CC(C(=O)NC[C@@H]4CCCO4)=NO3)C2)cc1. The number of benzene rings is 1. The van der Waals surface area contributed by atoms with Gasteiger partial charge in [0.25, 0.3) is 5.91 Å². The van der Waals surface area contributed by atoms with Crippen LogP contribution in [-0.2, 0) is 30.8 Å². The Labute approximate surface area is 171 Å². The van der Waals surface area contributed by atoms with Crippen LogP contribution in [0.1, 0.15) is 38.2 Å². The average molecular weight is 422 g/mol. The van der Waals surface area contributed by atoms with Crippen LogP contribution in [0, 0.1) is 0 Å². The number of carbonyl (C=O) groups excluding carboxylic acids is 1. The number of sulfonamides is 1. The van der Waals surface area contributed by atoms with E-state index in [2.05, 4.69) is 10.5 Å². The summed E-state index contributed by atoms with van der Waals surface area (Å²) in [5.74, 6) is -0.270. The summed E-state index contributed by atoms with van der Waals surface area (Å²) in [6, 6.07) is 6.97. The van der Waals surface area contributed by atoms with Crippen LogP contribution in [0.15, 0.2) is 34.3 Å². The van der Waals surface area contributed by atoms with Gasteiger partial charge in [-0.2, -0.15) is 4.31 Å². The van der Waals surface area contributed by atoms with Crippen LogP contribution in [0.5, 0.6) is 0 Å². The number of nitrogens with zero attached hydrogens (tertiary/aromatic N) is 2. The molecule has 0 unspecified atom stereocenters. The van der Waals surface area contributed by atoms with Crippen molar-refractivity contribution in [3.63, 3.8) is 0 Å². The largest absolute Gasteiger partial charge is 0.387 e. The summed E-state index contributed by atoms with van der Waals surface area (Å²) in [5, 5.41) is 6.81. The monoisotopic (exact) mass is 421 g/mol. The van der Waals surface area contributed by atoms with Gasteiger partial charge < -0.3 is 14.9 Å². The highest BCUT2D eigenvalue weighted by Crippen LogP contribution is 2.36. The molecule has 3 aliphatic rings. The van der Waals surface area contributed by atoms with Crippen molar-refractivity contribution in [3.8, 4) is 0 Å². The molecule has 8 nitrogen and oxygen atoms in total. The average Bonchev–Trinajstić information content (AvgIpc) is 3.49. The fourth-order valence-corrected chi connectivity index (χ4v) is 5.55.